The number of rotatable bonds is 2. The highest BCUT2D eigenvalue weighted by molar-refractivity contribution is 9.10. The van der Waals surface area contributed by atoms with Crippen LogP contribution in [0, 0.1) is 56.2 Å². The summed E-state index contributed by atoms with van der Waals surface area (Å²) < 4.78 is 24.1. The Kier molecular flexibility index (Phi) is 4.26. The normalized spacial score (nSPS) is 31.2. The van der Waals surface area contributed by atoms with Crippen molar-refractivity contribution in [3.63, 3.8) is 0 Å². The zero-order valence-electron chi connectivity index (χ0n) is 16.8. The third-order valence-corrected chi connectivity index (χ3v) is 7.14. The number of nitrogens with one attached hydrogen (secondary N) is 1. The molecule has 5 rings (SSSR count). The number of fused-ring (bicyclic) bond motifs is 3. The Balaban J connectivity index is 1.78. The van der Waals surface area contributed by atoms with E-state index in [-0.39, 0.29) is 6.79 Å². The topological polar surface area (TPSA) is 132 Å². The summed E-state index contributed by atoms with van der Waals surface area (Å²) in [6.45, 7) is 1.73. The van der Waals surface area contributed by atoms with Gasteiger partial charge >= 0.3 is 0 Å². The first-order valence-corrected chi connectivity index (χ1v) is 10.5. The highest BCUT2D eigenvalue weighted by atomic mass is 79.9. The van der Waals surface area contributed by atoms with Gasteiger partial charge in [0.15, 0.2) is 16.9 Å². The number of ether oxygens (including phenoxy) is 4. The Morgan fingerprint density at radius 3 is 2.34 bits per heavy atom. The van der Waals surface area contributed by atoms with Crippen LogP contribution in [0.3, 0.4) is 0 Å². The maximum absolute atomic E-state index is 10.4. The highest BCUT2D eigenvalue weighted by Crippen LogP contribution is 2.69. The molecule has 32 heavy (non-hydrogen) atoms. The van der Waals surface area contributed by atoms with Gasteiger partial charge in [-0.05, 0) is 29.8 Å². The zero-order valence-corrected chi connectivity index (χ0v) is 18.3. The van der Waals surface area contributed by atoms with Crippen molar-refractivity contribution in [3.05, 3.63) is 58.1 Å². The molecule has 4 atom stereocenters. The molecule has 1 N–H and O–H groups in total. The molecule has 158 valence electrons. The average molecular weight is 491 g/mol. The smallest absolute Gasteiger partial charge is 0.244 e. The molecule has 2 aromatic carbocycles. The number of hydrogen-bond acceptors (Lipinski definition) is 8. The van der Waals surface area contributed by atoms with Crippen LogP contribution < -0.4 is 9.47 Å². The van der Waals surface area contributed by atoms with Crippen LogP contribution in [0.2, 0.25) is 0 Å². The Labute approximate surface area is 192 Å². The van der Waals surface area contributed by atoms with E-state index in [4.69, 9.17) is 24.4 Å². The molecule has 3 aliphatic rings. The lowest BCUT2D eigenvalue weighted by molar-refractivity contribution is -0.288. The van der Waals surface area contributed by atoms with E-state index in [9.17, 15) is 15.8 Å². The predicted octanol–water partition coefficient (Wildman–Crippen LogP) is 4.29. The number of halogens is 1. The molecule has 4 unspecified atom stereocenters. The van der Waals surface area contributed by atoms with E-state index in [1.54, 1.807) is 49.4 Å². The molecule has 0 spiro atoms. The Bertz CT molecular complexity index is 1260. The molecule has 0 amide bonds. The number of benzene rings is 2. The predicted molar refractivity (Wildman–Crippen MR) is 112 cm³/mol. The van der Waals surface area contributed by atoms with E-state index in [1.165, 1.54) is 0 Å². The second-order valence-electron chi connectivity index (χ2n) is 7.89. The number of nitriles is 3. The monoisotopic (exact) mass is 490 g/mol. The molecule has 0 saturated carbocycles. The molecule has 3 aliphatic heterocycles. The van der Waals surface area contributed by atoms with Crippen LogP contribution in [0.1, 0.15) is 24.2 Å². The molecular formula is C23H15BrN4O4. The molecule has 2 bridgehead atoms. The first kappa shape index (κ1) is 20.3. The van der Waals surface area contributed by atoms with Gasteiger partial charge in [0, 0.05) is 10.0 Å². The van der Waals surface area contributed by atoms with Crippen molar-refractivity contribution in [2.45, 2.75) is 18.8 Å². The zero-order chi connectivity index (χ0) is 22.7. The van der Waals surface area contributed by atoms with Crippen molar-refractivity contribution < 1.29 is 18.9 Å². The van der Waals surface area contributed by atoms with Crippen LogP contribution in [0.4, 0.5) is 0 Å². The van der Waals surface area contributed by atoms with Crippen LogP contribution in [-0.4, -0.2) is 12.7 Å². The van der Waals surface area contributed by atoms with Crippen molar-refractivity contribution in [1.82, 2.24) is 0 Å². The lowest BCUT2D eigenvalue weighted by atomic mass is 9.53. The Morgan fingerprint density at radius 1 is 1.00 bits per heavy atom. The summed E-state index contributed by atoms with van der Waals surface area (Å²) >= 11 is 3.40. The molecule has 8 nitrogen and oxygen atoms in total. The summed E-state index contributed by atoms with van der Waals surface area (Å²) in [5.41, 5.74) is -2.88. The van der Waals surface area contributed by atoms with Crippen molar-refractivity contribution in [2.75, 3.05) is 6.79 Å². The Hall–Kier alpha value is -3.58. The van der Waals surface area contributed by atoms with Crippen molar-refractivity contribution in [1.29, 1.82) is 21.2 Å². The van der Waals surface area contributed by atoms with Crippen molar-refractivity contribution in [2.24, 2.45) is 16.7 Å². The number of nitrogens with zero attached hydrogens (tertiary/aromatic N) is 3. The largest absolute Gasteiger partial charge is 0.454 e. The molecule has 0 aromatic heterocycles. The summed E-state index contributed by atoms with van der Waals surface area (Å²) in [4.78, 5) is 0. The van der Waals surface area contributed by atoms with E-state index in [0.717, 1.165) is 4.47 Å². The van der Waals surface area contributed by atoms with Crippen LogP contribution in [0.15, 0.2) is 46.9 Å². The van der Waals surface area contributed by atoms with Gasteiger partial charge in [0.1, 0.15) is 6.10 Å². The standard InChI is InChI=1S/C23H15BrN4O4/c1-13-22(11-27)20(28)32-23(13,15-3-5-16(24)6-4-15)31-19(21(22,9-25)10-26)14-2-7-17-18(8-14)30-12-29-17/h2-8,13,19,28H,12H2,1H3. The minimum Gasteiger partial charge on any atom is -0.454 e. The quantitative estimate of drug-likeness (QED) is 0.663. The average Bonchev–Trinajstić information content (AvgIpc) is 3.33. The molecule has 2 saturated heterocycles. The SMILES string of the molecule is CC1C2(c3ccc(Br)cc3)OC(=N)C1(C#N)C(C#N)(C#N)C(c1ccc3c(c1)OCO3)O2. The van der Waals surface area contributed by atoms with E-state index in [1.807, 2.05) is 12.1 Å². The van der Waals surface area contributed by atoms with Gasteiger partial charge in [-0.2, -0.15) is 15.8 Å². The molecule has 0 aliphatic carbocycles. The molecule has 0 radical (unpaired) electrons. The molecule has 2 fully saturated rings. The van der Waals surface area contributed by atoms with Gasteiger partial charge in [0.2, 0.25) is 23.9 Å². The van der Waals surface area contributed by atoms with Gasteiger partial charge in [-0.3, -0.25) is 5.41 Å². The fraction of sp³-hybridized carbons (Fsp3) is 0.304. The summed E-state index contributed by atoms with van der Waals surface area (Å²) in [7, 11) is 0. The second-order valence-corrected chi connectivity index (χ2v) is 8.80. The van der Waals surface area contributed by atoms with Gasteiger partial charge in [-0.15, -0.1) is 0 Å². The fourth-order valence-corrected chi connectivity index (χ4v) is 5.19. The van der Waals surface area contributed by atoms with Crippen LogP contribution >= 0.6 is 15.9 Å². The molecule has 9 heteroatoms. The van der Waals surface area contributed by atoms with Gasteiger partial charge in [-0.25, -0.2) is 0 Å². The number of hydrogen-bond donors (Lipinski definition) is 1. The molecule has 3 heterocycles. The van der Waals surface area contributed by atoms with Crippen molar-refractivity contribution >= 4 is 21.8 Å². The highest BCUT2D eigenvalue weighted by Gasteiger charge is 2.79. The second kappa shape index (κ2) is 6.71. The Morgan fingerprint density at radius 2 is 1.69 bits per heavy atom. The van der Waals surface area contributed by atoms with Gasteiger partial charge in [0.05, 0.1) is 24.1 Å². The minimum atomic E-state index is -2.04. The van der Waals surface area contributed by atoms with Crippen molar-refractivity contribution in [3.8, 4) is 29.7 Å². The van der Waals surface area contributed by atoms with E-state index < -0.39 is 34.5 Å². The van der Waals surface area contributed by atoms with E-state index in [0.29, 0.717) is 22.6 Å². The summed E-state index contributed by atoms with van der Waals surface area (Å²) in [6.07, 6.45) is -1.20. The molecule has 2 aromatic rings. The lowest BCUT2D eigenvalue weighted by Crippen LogP contribution is -2.57. The van der Waals surface area contributed by atoms with Gasteiger partial charge < -0.3 is 18.9 Å². The third-order valence-electron chi connectivity index (χ3n) is 6.61. The van der Waals surface area contributed by atoms with Crippen LogP contribution in [0.5, 0.6) is 11.5 Å². The summed E-state index contributed by atoms with van der Waals surface area (Å²) in [5.74, 6) is -1.84. The first-order valence-electron chi connectivity index (χ1n) is 9.73. The van der Waals surface area contributed by atoms with Gasteiger partial charge in [-0.1, -0.05) is 41.1 Å². The summed E-state index contributed by atoms with van der Waals surface area (Å²) in [6, 6.07) is 18.3. The summed E-state index contributed by atoms with van der Waals surface area (Å²) in [5, 5.41) is 39.6. The van der Waals surface area contributed by atoms with Crippen LogP contribution in [-0.2, 0) is 15.3 Å². The van der Waals surface area contributed by atoms with Crippen LogP contribution in [0.25, 0.3) is 0 Å². The van der Waals surface area contributed by atoms with E-state index >= 15 is 0 Å². The maximum atomic E-state index is 10.4. The fourth-order valence-electron chi connectivity index (χ4n) is 4.93. The lowest BCUT2D eigenvalue weighted by Gasteiger charge is -2.48. The van der Waals surface area contributed by atoms with E-state index in [2.05, 4.69) is 22.0 Å². The van der Waals surface area contributed by atoms with Gasteiger partial charge in [0.25, 0.3) is 0 Å². The minimum absolute atomic E-state index is 0.0573. The third kappa shape index (κ3) is 2.23. The maximum Gasteiger partial charge on any atom is 0.244 e. The molecular weight excluding hydrogens is 476 g/mol. The first-order chi connectivity index (χ1) is 15.4.